The molecule has 0 aliphatic heterocycles. The average Bonchev–Trinajstić information content (AvgIpc) is 2.87. The molecule has 1 aliphatic rings. The first-order valence-corrected chi connectivity index (χ1v) is 6.73. The largest absolute Gasteiger partial charge is 0.379 e. The zero-order chi connectivity index (χ0) is 13.5. The number of amides is 1. The molecule has 0 saturated heterocycles. The molecule has 2 atom stereocenters. The van der Waals surface area contributed by atoms with Gasteiger partial charge in [-0.25, -0.2) is 0 Å². The summed E-state index contributed by atoms with van der Waals surface area (Å²) >= 11 is 0. The predicted molar refractivity (Wildman–Crippen MR) is 72.7 cm³/mol. The molecule has 0 heterocycles. The number of rotatable bonds is 6. The van der Waals surface area contributed by atoms with Gasteiger partial charge in [-0.15, -0.1) is 0 Å². The lowest BCUT2D eigenvalue weighted by atomic mass is 10.2. The Kier molecular flexibility index (Phi) is 5.36. The minimum atomic E-state index is -0.0649. The van der Waals surface area contributed by atoms with Crippen molar-refractivity contribution in [3.05, 3.63) is 35.9 Å². The van der Waals surface area contributed by atoms with Crippen LogP contribution in [0.3, 0.4) is 0 Å². The van der Waals surface area contributed by atoms with Crippen molar-refractivity contribution in [1.82, 2.24) is 5.32 Å². The summed E-state index contributed by atoms with van der Waals surface area (Å²) in [6.07, 6.45) is 3.27. The molecule has 2 rings (SSSR count). The highest BCUT2D eigenvalue weighted by atomic mass is 16.5. The van der Waals surface area contributed by atoms with Crippen LogP contribution < -0.4 is 5.32 Å². The Bertz CT molecular complexity index is 394. The molecule has 1 aromatic rings. The van der Waals surface area contributed by atoms with E-state index in [1.807, 2.05) is 30.3 Å². The standard InChI is InChI=1S/C15H21NO3/c1-18-14-9-5-8-13(14)16-15(17)11-19-10-12-6-3-2-4-7-12/h2-4,6-7,13-14H,5,8-11H2,1H3,(H,16,17)/t13-,14+/m1/s1. The number of hydrogen-bond donors (Lipinski definition) is 1. The van der Waals surface area contributed by atoms with Crippen LogP contribution in [0.5, 0.6) is 0 Å². The van der Waals surface area contributed by atoms with Crippen LogP contribution in [0.25, 0.3) is 0 Å². The van der Waals surface area contributed by atoms with Gasteiger partial charge in [-0.1, -0.05) is 30.3 Å². The van der Waals surface area contributed by atoms with Gasteiger partial charge in [0.2, 0.25) is 5.91 Å². The Morgan fingerprint density at radius 2 is 2.11 bits per heavy atom. The number of hydrogen-bond acceptors (Lipinski definition) is 3. The summed E-state index contributed by atoms with van der Waals surface area (Å²) in [5.41, 5.74) is 1.07. The first-order chi connectivity index (χ1) is 9.29. The molecule has 1 N–H and O–H groups in total. The van der Waals surface area contributed by atoms with Crippen molar-refractivity contribution in [2.75, 3.05) is 13.7 Å². The number of ether oxygens (including phenoxy) is 2. The van der Waals surface area contributed by atoms with E-state index in [4.69, 9.17) is 9.47 Å². The SMILES string of the molecule is CO[C@H]1CCC[C@H]1NC(=O)COCc1ccccc1. The minimum absolute atomic E-state index is 0.0649. The van der Waals surface area contributed by atoms with E-state index in [-0.39, 0.29) is 24.7 Å². The lowest BCUT2D eigenvalue weighted by Crippen LogP contribution is -2.42. The first-order valence-electron chi connectivity index (χ1n) is 6.73. The smallest absolute Gasteiger partial charge is 0.246 e. The molecule has 0 bridgehead atoms. The third-order valence-corrected chi connectivity index (χ3v) is 3.45. The minimum Gasteiger partial charge on any atom is -0.379 e. The van der Waals surface area contributed by atoms with Crippen LogP contribution in [-0.4, -0.2) is 31.8 Å². The fraction of sp³-hybridized carbons (Fsp3) is 0.533. The summed E-state index contributed by atoms with van der Waals surface area (Å²) in [7, 11) is 1.70. The molecule has 1 aliphatic carbocycles. The van der Waals surface area contributed by atoms with Gasteiger partial charge in [0, 0.05) is 7.11 Å². The van der Waals surface area contributed by atoms with E-state index in [0.29, 0.717) is 6.61 Å². The van der Waals surface area contributed by atoms with Gasteiger partial charge in [-0.3, -0.25) is 4.79 Å². The molecule has 0 unspecified atom stereocenters. The Hall–Kier alpha value is -1.39. The maximum absolute atomic E-state index is 11.8. The molecule has 19 heavy (non-hydrogen) atoms. The maximum atomic E-state index is 11.8. The van der Waals surface area contributed by atoms with Crippen LogP contribution in [0.2, 0.25) is 0 Å². The average molecular weight is 263 g/mol. The normalized spacial score (nSPS) is 22.4. The van der Waals surface area contributed by atoms with Crippen LogP contribution in [-0.2, 0) is 20.9 Å². The van der Waals surface area contributed by atoms with Crippen molar-refractivity contribution in [3.63, 3.8) is 0 Å². The summed E-state index contributed by atoms with van der Waals surface area (Å²) in [6.45, 7) is 0.564. The summed E-state index contributed by atoms with van der Waals surface area (Å²) in [5.74, 6) is -0.0649. The van der Waals surface area contributed by atoms with Crippen molar-refractivity contribution in [2.24, 2.45) is 0 Å². The number of carbonyl (C=O) groups excluding carboxylic acids is 1. The van der Waals surface area contributed by atoms with Gasteiger partial charge in [0.25, 0.3) is 0 Å². The highest BCUT2D eigenvalue weighted by Crippen LogP contribution is 2.21. The van der Waals surface area contributed by atoms with Gasteiger partial charge in [0.05, 0.1) is 18.8 Å². The van der Waals surface area contributed by atoms with Gasteiger partial charge >= 0.3 is 0 Å². The van der Waals surface area contributed by atoms with E-state index in [1.165, 1.54) is 0 Å². The second kappa shape index (κ2) is 7.26. The molecule has 4 heteroatoms. The van der Waals surface area contributed by atoms with E-state index < -0.39 is 0 Å². The highest BCUT2D eigenvalue weighted by molar-refractivity contribution is 5.77. The van der Waals surface area contributed by atoms with E-state index >= 15 is 0 Å². The van der Waals surface area contributed by atoms with Gasteiger partial charge in [0.15, 0.2) is 0 Å². The molecular formula is C15H21NO3. The number of methoxy groups -OCH3 is 1. The molecule has 0 radical (unpaired) electrons. The van der Waals surface area contributed by atoms with Crippen molar-refractivity contribution in [2.45, 2.75) is 38.0 Å². The molecule has 0 spiro atoms. The van der Waals surface area contributed by atoms with Crippen molar-refractivity contribution in [1.29, 1.82) is 0 Å². The summed E-state index contributed by atoms with van der Waals surface area (Å²) in [6, 6.07) is 9.98. The molecule has 0 aromatic heterocycles. The van der Waals surface area contributed by atoms with Crippen LogP contribution in [0.4, 0.5) is 0 Å². The maximum Gasteiger partial charge on any atom is 0.246 e. The van der Waals surface area contributed by atoms with E-state index in [1.54, 1.807) is 7.11 Å². The topological polar surface area (TPSA) is 47.6 Å². The third kappa shape index (κ3) is 4.33. The Balaban J connectivity index is 1.67. The van der Waals surface area contributed by atoms with Gasteiger partial charge in [0.1, 0.15) is 6.61 Å². The fourth-order valence-electron chi connectivity index (χ4n) is 2.46. The quantitative estimate of drug-likeness (QED) is 0.852. The van der Waals surface area contributed by atoms with Crippen LogP contribution in [0.1, 0.15) is 24.8 Å². The Morgan fingerprint density at radius 1 is 1.32 bits per heavy atom. The predicted octanol–water partition coefficient (Wildman–Crippen LogP) is 1.89. The van der Waals surface area contributed by atoms with Crippen LogP contribution >= 0.6 is 0 Å². The number of benzene rings is 1. The number of nitrogens with one attached hydrogen (secondary N) is 1. The van der Waals surface area contributed by atoms with Crippen LogP contribution in [0, 0.1) is 0 Å². The van der Waals surface area contributed by atoms with Crippen molar-refractivity contribution in [3.8, 4) is 0 Å². The second-order valence-electron chi connectivity index (χ2n) is 4.86. The molecule has 1 saturated carbocycles. The van der Waals surface area contributed by atoms with Crippen molar-refractivity contribution < 1.29 is 14.3 Å². The monoisotopic (exact) mass is 263 g/mol. The van der Waals surface area contributed by atoms with Crippen molar-refractivity contribution >= 4 is 5.91 Å². The molecule has 1 amide bonds. The summed E-state index contributed by atoms with van der Waals surface area (Å²) < 4.78 is 10.8. The Morgan fingerprint density at radius 3 is 2.84 bits per heavy atom. The number of carbonyl (C=O) groups is 1. The molecule has 4 nitrogen and oxygen atoms in total. The van der Waals surface area contributed by atoms with Gasteiger partial charge < -0.3 is 14.8 Å². The lowest BCUT2D eigenvalue weighted by Gasteiger charge is -2.19. The van der Waals surface area contributed by atoms with Gasteiger partial charge in [-0.05, 0) is 24.8 Å². The van der Waals surface area contributed by atoms with E-state index in [0.717, 1.165) is 24.8 Å². The fourth-order valence-corrected chi connectivity index (χ4v) is 2.46. The second-order valence-corrected chi connectivity index (χ2v) is 4.86. The van der Waals surface area contributed by atoms with Crippen LogP contribution in [0.15, 0.2) is 30.3 Å². The third-order valence-electron chi connectivity index (χ3n) is 3.45. The lowest BCUT2D eigenvalue weighted by molar-refractivity contribution is -0.127. The zero-order valence-corrected chi connectivity index (χ0v) is 11.3. The molecule has 1 aromatic carbocycles. The Labute approximate surface area is 114 Å². The molecular weight excluding hydrogens is 242 g/mol. The molecule has 1 fully saturated rings. The molecule has 104 valence electrons. The zero-order valence-electron chi connectivity index (χ0n) is 11.3. The van der Waals surface area contributed by atoms with E-state index in [2.05, 4.69) is 5.32 Å². The summed E-state index contributed by atoms with van der Waals surface area (Å²) in [4.78, 5) is 11.8. The van der Waals surface area contributed by atoms with Gasteiger partial charge in [-0.2, -0.15) is 0 Å². The van der Waals surface area contributed by atoms with E-state index in [9.17, 15) is 4.79 Å². The first kappa shape index (κ1) is 14.0. The highest BCUT2D eigenvalue weighted by Gasteiger charge is 2.28. The summed E-state index contributed by atoms with van der Waals surface area (Å²) in [5, 5.41) is 2.98.